The van der Waals surface area contributed by atoms with Crippen molar-refractivity contribution in [2.45, 2.75) is 36.7 Å². The first-order chi connectivity index (χ1) is 11.8. The fraction of sp³-hybridized carbons (Fsp3) is 0.263. The highest BCUT2D eigenvalue weighted by Crippen LogP contribution is 2.35. The molecule has 24 heavy (non-hydrogen) atoms. The maximum absolute atomic E-state index is 12.9. The van der Waals surface area contributed by atoms with Gasteiger partial charge in [0.25, 0.3) is 5.56 Å². The lowest BCUT2D eigenvalue weighted by Gasteiger charge is -2.10. The van der Waals surface area contributed by atoms with Crippen molar-refractivity contribution in [3.8, 4) is 0 Å². The van der Waals surface area contributed by atoms with Gasteiger partial charge in [-0.2, -0.15) is 0 Å². The molecular weight excluding hydrogens is 336 g/mol. The Kier molecular flexibility index (Phi) is 4.29. The zero-order chi connectivity index (χ0) is 16.5. The average Bonchev–Trinajstić information content (AvgIpc) is 3.19. The molecule has 0 saturated heterocycles. The van der Waals surface area contributed by atoms with E-state index in [0.717, 1.165) is 34.0 Å². The smallest absolute Gasteiger partial charge is 0.272 e. The second-order valence-corrected chi connectivity index (χ2v) is 7.96. The number of benzene rings is 1. The molecule has 0 spiro atoms. The van der Waals surface area contributed by atoms with Gasteiger partial charge in [0, 0.05) is 17.2 Å². The predicted molar refractivity (Wildman–Crippen MR) is 102 cm³/mol. The number of aromatic nitrogens is 2. The Morgan fingerprint density at radius 1 is 1.29 bits per heavy atom. The first-order valence-electron chi connectivity index (χ1n) is 8.10. The van der Waals surface area contributed by atoms with E-state index in [9.17, 15) is 4.79 Å². The van der Waals surface area contributed by atoms with Crippen LogP contribution in [0.25, 0.3) is 10.2 Å². The van der Waals surface area contributed by atoms with E-state index in [1.807, 2.05) is 18.2 Å². The number of hydrogen-bond donors (Lipinski definition) is 0. The van der Waals surface area contributed by atoms with E-state index in [0.29, 0.717) is 6.54 Å². The SMILES string of the molecule is C=CCn1c(SCc2ccccc2)nc2c3c(sc2c1=O)CCC3. The molecule has 1 aliphatic carbocycles. The second-order valence-electron chi connectivity index (χ2n) is 5.91. The minimum absolute atomic E-state index is 0.0786. The van der Waals surface area contributed by atoms with Crippen LogP contribution in [0, 0.1) is 0 Å². The van der Waals surface area contributed by atoms with Gasteiger partial charge in [-0.15, -0.1) is 17.9 Å². The van der Waals surface area contributed by atoms with E-state index in [4.69, 9.17) is 4.98 Å². The zero-order valence-corrected chi connectivity index (χ0v) is 15.0. The van der Waals surface area contributed by atoms with E-state index in [1.165, 1.54) is 22.4 Å². The molecule has 1 aliphatic rings. The Morgan fingerprint density at radius 2 is 2.12 bits per heavy atom. The first-order valence-corrected chi connectivity index (χ1v) is 9.91. The number of allylic oxidation sites excluding steroid dienone is 1. The topological polar surface area (TPSA) is 34.9 Å². The lowest BCUT2D eigenvalue weighted by molar-refractivity contribution is 0.672. The molecular formula is C19H18N2OS2. The summed E-state index contributed by atoms with van der Waals surface area (Å²) in [5, 5.41) is 0.795. The molecule has 1 aromatic carbocycles. The van der Waals surface area contributed by atoms with Crippen molar-refractivity contribution in [3.63, 3.8) is 0 Å². The summed E-state index contributed by atoms with van der Waals surface area (Å²) in [6.45, 7) is 4.29. The maximum Gasteiger partial charge on any atom is 0.272 e. The minimum Gasteiger partial charge on any atom is -0.282 e. The molecule has 0 aliphatic heterocycles. The van der Waals surface area contributed by atoms with Crippen LogP contribution in [-0.4, -0.2) is 9.55 Å². The highest BCUT2D eigenvalue weighted by molar-refractivity contribution is 7.98. The number of hydrogen-bond acceptors (Lipinski definition) is 4. The highest BCUT2D eigenvalue weighted by atomic mass is 32.2. The van der Waals surface area contributed by atoms with Gasteiger partial charge in [-0.1, -0.05) is 48.2 Å². The van der Waals surface area contributed by atoms with Crippen molar-refractivity contribution < 1.29 is 0 Å². The number of thioether (sulfide) groups is 1. The second kappa shape index (κ2) is 6.57. The van der Waals surface area contributed by atoms with Crippen LogP contribution >= 0.6 is 23.1 Å². The standard InChI is InChI=1S/C19H18N2OS2/c1-2-11-21-18(22)17-16(14-9-6-10-15(14)24-17)20-19(21)23-12-13-7-4-3-5-8-13/h2-5,7-8H,1,6,9-12H2. The van der Waals surface area contributed by atoms with Gasteiger partial charge in [0.15, 0.2) is 5.16 Å². The van der Waals surface area contributed by atoms with Gasteiger partial charge in [-0.05, 0) is 30.4 Å². The molecule has 0 N–H and O–H groups in total. The Hall–Kier alpha value is -1.85. The van der Waals surface area contributed by atoms with Gasteiger partial charge in [0.2, 0.25) is 0 Å². The molecule has 0 atom stereocenters. The summed E-state index contributed by atoms with van der Waals surface area (Å²) in [5.74, 6) is 0.808. The van der Waals surface area contributed by atoms with Crippen LogP contribution in [0.2, 0.25) is 0 Å². The molecule has 5 heteroatoms. The van der Waals surface area contributed by atoms with E-state index in [-0.39, 0.29) is 5.56 Å². The molecule has 0 bridgehead atoms. The fourth-order valence-corrected chi connectivity index (χ4v) is 5.37. The molecule has 2 aromatic heterocycles. The Labute approximate surface area is 149 Å². The summed E-state index contributed by atoms with van der Waals surface area (Å²) in [4.78, 5) is 19.2. The monoisotopic (exact) mass is 354 g/mol. The largest absolute Gasteiger partial charge is 0.282 e. The maximum atomic E-state index is 12.9. The van der Waals surface area contributed by atoms with E-state index >= 15 is 0 Å². The average molecular weight is 355 g/mol. The lowest BCUT2D eigenvalue weighted by Crippen LogP contribution is -2.22. The predicted octanol–water partition coefficient (Wildman–Crippen LogP) is 4.43. The third kappa shape index (κ3) is 2.72. The molecule has 0 amide bonds. The number of aryl methyl sites for hydroxylation is 2. The molecule has 122 valence electrons. The van der Waals surface area contributed by atoms with Gasteiger partial charge in [0.1, 0.15) is 4.70 Å². The summed E-state index contributed by atoms with van der Waals surface area (Å²) in [5.41, 5.74) is 3.56. The van der Waals surface area contributed by atoms with Crippen molar-refractivity contribution in [2.75, 3.05) is 0 Å². The van der Waals surface area contributed by atoms with E-state index < -0.39 is 0 Å². The van der Waals surface area contributed by atoms with Crippen LogP contribution in [0.5, 0.6) is 0 Å². The summed E-state index contributed by atoms with van der Waals surface area (Å²) in [6.07, 6.45) is 5.09. The first kappa shape index (κ1) is 15.7. The fourth-order valence-electron chi connectivity index (χ4n) is 3.14. The van der Waals surface area contributed by atoms with Gasteiger partial charge in [-0.3, -0.25) is 9.36 Å². The number of nitrogens with zero attached hydrogens (tertiary/aromatic N) is 2. The summed E-state index contributed by atoms with van der Waals surface area (Å²) in [7, 11) is 0. The molecule has 3 nitrogen and oxygen atoms in total. The summed E-state index contributed by atoms with van der Waals surface area (Å²) >= 11 is 3.26. The molecule has 0 fully saturated rings. The number of thiophene rings is 1. The van der Waals surface area contributed by atoms with Gasteiger partial charge in [0.05, 0.1) is 5.52 Å². The van der Waals surface area contributed by atoms with Gasteiger partial charge < -0.3 is 0 Å². The van der Waals surface area contributed by atoms with Crippen molar-refractivity contribution >= 4 is 33.3 Å². The third-order valence-corrected chi connectivity index (χ3v) is 6.61. The molecule has 2 heterocycles. The Bertz CT molecular complexity index is 957. The summed E-state index contributed by atoms with van der Waals surface area (Å²) in [6, 6.07) is 10.3. The van der Waals surface area contributed by atoms with Crippen molar-refractivity contribution in [2.24, 2.45) is 0 Å². The zero-order valence-electron chi connectivity index (χ0n) is 13.3. The third-order valence-electron chi connectivity index (χ3n) is 4.29. The van der Waals surface area contributed by atoms with Gasteiger partial charge >= 0.3 is 0 Å². The minimum atomic E-state index is 0.0786. The van der Waals surface area contributed by atoms with Crippen LogP contribution in [0.15, 0.2) is 52.9 Å². The lowest BCUT2D eigenvalue weighted by atomic mass is 10.2. The highest BCUT2D eigenvalue weighted by Gasteiger charge is 2.22. The molecule has 0 unspecified atom stereocenters. The van der Waals surface area contributed by atoms with Crippen molar-refractivity contribution in [1.29, 1.82) is 0 Å². The molecule has 0 radical (unpaired) electrons. The number of fused-ring (bicyclic) bond motifs is 3. The van der Waals surface area contributed by atoms with Gasteiger partial charge in [-0.25, -0.2) is 4.98 Å². The Morgan fingerprint density at radius 3 is 2.92 bits per heavy atom. The van der Waals surface area contributed by atoms with Crippen molar-refractivity contribution in [3.05, 3.63) is 69.3 Å². The van der Waals surface area contributed by atoms with Crippen LogP contribution in [0.1, 0.15) is 22.4 Å². The van der Waals surface area contributed by atoms with Crippen LogP contribution < -0.4 is 5.56 Å². The normalized spacial score (nSPS) is 13.3. The molecule has 0 saturated carbocycles. The Balaban J connectivity index is 1.78. The van der Waals surface area contributed by atoms with E-state index in [2.05, 4.69) is 18.7 Å². The van der Waals surface area contributed by atoms with Crippen LogP contribution in [-0.2, 0) is 25.1 Å². The van der Waals surface area contributed by atoms with Crippen molar-refractivity contribution in [1.82, 2.24) is 9.55 Å². The van der Waals surface area contributed by atoms with Crippen LogP contribution in [0.4, 0.5) is 0 Å². The quantitative estimate of drug-likeness (QED) is 0.386. The number of rotatable bonds is 5. The van der Waals surface area contributed by atoms with E-state index in [1.54, 1.807) is 33.7 Å². The van der Waals surface area contributed by atoms with Crippen LogP contribution in [0.3, 0.4) is 0 Å². The molecule has 3 aromatic rings. The molecule has 4 rings (SSSR count). The summed E-state index contributed by atoms with van der Waals surface area (Å²) < 4.78 is 2.57.